The van der Waals surface area contributed by atoms with E-state index in [1.165, 1.54) is 31.2 Å². The van der Waals surface area contributed by atoms with Crippen molar-refractivity contribution < 1.29 is 4.74 Å². The van der Waals surface area contributed by atoms with Crippen LogP contribution in [0.4, 0.5) is 0 Å². The van der Waals surface area contributed by atoms with E-state index >= 15 is 0 Å². The van der Waals surface area contributed by atoms with E-state index in [0.717, 1.165) is 25.3 Å². The molecule has 0 saturated carbocycles. The maximum absolute atomic E-state index is 5.76. The Hall–Kier alpha value is -1.02. The average molecular weight is 263 g/mol. The predicted octanol–water partition coefficient (Wildman–Crippen LogP) is 4.19. The van der Waals surface area contributed by atoms with Gasteiger partial charge < -0.3 is 10.1 Å². The largest absolute Gasteiger partial charge is 0.492 e. The lowest BCUT2D eigenvalue weighted by Gasteiger charge is -2.14. The van der Waals surface area contributed by atoms with E-state index in [9.17, 15) is 0 Å². The molecule has 2 nitrogen and oxygen atoms in total. The monoisotopic (exact) mass is 263 g/mol. The molecular formula is C17H29NO. The Morgan fingerprint density at radius 3 is 2.79 bits per heavy atom. The normalized spacial score (nSPS) is 12.4. The summed E-state index contributed by atoms with van der Waals surface area (Å²) < 4.78 is 5.76. The number of ether oxygens (including phenoxy) is 1. The molecule has 0 aliphatic carbocycles. The van der Waals surface area contributed by atoms with E-state index in [2.05, 4.69) is 44.3 Å². The molecule has 0 saturated heterocycles. The molecule has 0 radical (unpaired) electrons. The lowest BCUT2D eigenvalue weighted by atomic mass is 10.1. The summed E-state index contributed by atoms with van der Waals surface area (Å²) in [5, 5.41) is 3.52. The molecule has 0 fully saturated rings. The summed E-state index contributed by atoms with van der Waals surface area (Å²) in [5.41, 5.74) is 1.33. The van der Waals surface area contributed by atoms with E-state index in [1.807, 2.05) is 6.07 Å². The lowest BCUT2D eigenvalue weighted by molar-refractivity contribution is 0.304. The van der Waals surface area contributed by atoms with Crippen LogP contribution >= 0.6 is 0 Å². The van der Waals surface area contributed by atoms with Gasteiger partial charge in [0.15, 0.2) is 0 Å². The van der Waals surface area contributed by atoms with Crippen molar-refractivity contribution in [2.24, 2.45) is 0 Å². The molecule has 2 heteroatoms. The Morgan fingerprint density at radius 2 is 2.05 bits per heavy atom. The Balaban J connectivity index is 2.12. The van der Waals surface area contributed by atoms with Crippen molar-refractivity contribution in [1.29, 1.82) is 0 Å². The highest BCUT2D eigenvalue weighted by Crippen LogP contribution is 2.13. The highest BCUT2D eigenvalue weighted by atomic mass is 16.5. The number of hydrogen-bond donors (Lipinski definition) is 1. The van der Waals surface area contributed by atoms with E-state index in [4.69, 9.17) is 4.74 Å². The molecule has 19 heavy (non-hydrogen) atoms. The molecule has 1 aromatic rings. The van der Waals surface area contributed by atoms with Crippen molar-refractivity contribution in [3.63, 3.8) is 0 Å². The van der Waals surface area contributed by atoms with Crippen LogP contribution in [-0.2, 0) is 6.42 Å². The van der Waals surface area contributed by atoms with Gasteiger partial charge in [0, 0.05) is 12.6 Å². The maximum Gasteiger partial charge on any atom is 0.119 e. The van der Waals surface area contributed by atoms with Gasteiger partial charge in [-0.25, -0.2) is 0 Å². The highest BCUT2D eigenvalue weighted by Gasteiger charge is 2.00. The van der Waals surface area contributed by atoms with Gasteiger partial charge in [-0.3, -0.25) is 0 Å². The third-order valence-electron chi connectivity index (χ3n) is 3.41. The summed E-state index contributed by atoms with van der Waals surface area (Å²) in [6.45, 7) is 8.33. The zero-order chi connectivity index (χ0) is 13.9. The molecule has 1 aromatic carbocycles. The number of hydrogen-bond acceptors (Lipinski definition) is 2. The van der Waals surface area contributed by atoms with Gasteiger partial charge in [-0.05, 0) is 37.5 Å². The first-order chi connectivity index (χ1) is 9.26. The van der Waals surface area contributed by atoms with Crippen LogP contribution in [0.3, 0.4) is 0 Å². The molecule has 0 amide bonds. The van der Waals surface area contributed by atoms with Gasteiger partial charge >= 0.3 is 0 Å². The summed E-state index contributed by atoms with van der Waals surface area (Å²) in [7, 11) is 0. The molecule has 0 spiro atoms. The van der Waals surface area contributed by atoms with Crippen molar-refractivity contribution in [3.8, 4) is 5.75 Å². The number of rotatable bonds is 10. The molecule has 0 heterocycles. The first-order valence-corrected chi connectivity index (χ1v) is 7.71. The van der Waals surface area contributed by atoms with Gasteiger partial charge in [-0.2, -0.15) is 0 Å². The van der Waals surface area contributed by atoms with E-state index in [-0.39, 0.29) is 0 Å². The molecule has 1 unspecified atom stereocenters. The molecule has 0 aromatic heterocycles. The van der Waals surface area contributed by atoms with Crippen LogP contribution < -0.4 is 10.1 Å². The van der Waals surface area contributed by atoms with Crippen LogP contribution in [0.5, 0.6) is 5.75 Å². The van der Waals surface area contributed by atoms with Gasteiger partial charge in [-0.1, -0.05) is 45.2 Å². The number of benzene rings is 1. The van der Waals surface area contributed by atoms with Crippen LogP contribution in [0.25, 0.3) is 0 Å². The Kier molecular flexibility index (Phi) is 8.31. The first kappa shape index (κ1) is 16.0. The van der Waals surface area contributed by atoms with Crippen LogP contribution in [-0.4, -0.2) is 19.2 Å². The summed E-state index contributed by atoms with van der Waals surface area (Å²) >= 11 is 0. The van der Waals surface area contributed by atoms with Gasteiger partial charge in [0.25, 0.3) is 0 Å². The number of aryl methyl sites for hydroxylation is 1. The van der Waals surface area contributed by atoms with E-state index in [1.54, 1.807) is 0 Å². The smallest absolute Gasteiger partial charge is 0.119 e. The minimum atomic E-state index is 0.595. The number of nitrogens with one attached hydrogen (secondary N) is 1. The zero-order valence-electron chi connectivity index (χ0n) is 12.7. The minimum Gasteiger partial charge on any atom is -0.492 e. The van der Waals surface area contributed by atoms with Gasteiger partial charge in [0.05, 0.1) is 0 Å². The quantitative estimate of drug-likeness (QED) is 0.639. The van der Waals surface area contributed by atoms with Gasteiger partial charge in [0.1, 0.15) is 12.4 Å². The fourth-order valence-electron chi connectivity index (χ4n) is 2.13. The number of unbranched alkanes of at least 4 members (excludes halogenated alkanes) is 2. The summed E-state index contributed by atoms with van der Waals surface area (Å²) in [4.78, 5) is 0. The third-order valence-corrected chi connectivity index (χ3v) is 3.41. The van der Waals surface area contributed by atoms with Crippen molar-refractivity contribution in [1.82, 2.24) is 5.32 Å². The fourth-order valence-corrected chi connectivity index (χ4v) is 2.13. The predicted molar refractivity (Wildman–Crippen MR) is 82.9 cm³/mol. The van der Waals surface area contributed by atoms with E-state index < -0.39 is 0 Å². The molecule has 1 rings (SSSR count). The minimum absolute atomic E-state index is 0.595. The second kappa shape index (κ2) is 9.85. The van der Waals surface area contributed by atoms with Gasteiger partial charge in [-0.15, -0.1) is 0 Å². The molecule has 1 N–H and O–H groups in total. The molecule has 1 atom stereocenters. The zero-order valence-corrected chi connectivity index (χ0v) is 12.7. The molecule has 0 bridgehead atoms. The van der Waals surface area contributed by atoms with Crippen LogP contribution in [0, 0.1) is 0 Å². The van der Waals surface area contributed by atoms with E-state index in [0.29, 0.717) is 6.04 Å². The summed E-state index contributed by atoms with van der Waals surface area (Å²) in [6, 6.07) is 8.96. The van der Waals surface area contributed by atoms with Gasteiger partial charge in [0.2, 0.25) is 0 Å². The molecular weight excluding hydrogens is 234 g/mol. The second-order valence-electron chi connectivity index (χ2n) is 5.20. The Bertz CT molecular complexity index is 338. The second-order valence-corrected chi connectivity index (χ2v) is 5.20. The fraction of sp³-hybridized carbons (Fsp3) is 0.647. The maximum atomic E-state index is 5.76. The van der Waals surface area contributed by atoms with Crippen molar-refractivity contribution in [2.45, 2.75) is 58.9 Å². The molecule has 108 valence electrons. The summed E-state index contributed by atoms with van der Waals surface area (Å²) in [5.74, 6) is 0.986. The first-order valence-electron chi connectivity index (χ1n) is 7.71. The van der Waals surface area contributed by atoms with Crippen molar-refractivity contribution in [2.75, 3.05) is 13.2 Å². The van der Waals surface area contributed by atoms with Crippen LogP contribution in [0.1, 0.15) is 52.0 Å². The lowest BCUT2D eigenvalue weighted by Crippen LogP contribution is -2.30. The van der Waals surface area contributed by atoms with Crippen molar-refractivity contribution in [3.05, 3.63) is 29.8 Å². The SMILES string of the molecule is CCCCCC(C)NCCOc1cccc(CC)c1. The highest BCUT2D eigenvalue weighted by molar-refractivity contribution is 5.28. The van der Waals surface area contributed by atoms with Crippen LogP contribution in [0.15, 0.2) is 24.3 Å². The Morgan fingerprint density at radius 1 is 1.21 bits per heavy atom. The van der Waals surface area contributed by atoms with Crippen LogP contribution in [0.2, 0.25) is 0 Å². The summed E-state index contributed by atoms with van der Waals surface area (Å²) in [6.07, 6.45) is 6.28. The third kappa shape index (κ3) is 7.22. The average Bonchev–Trinajstić information content (AvgIpc) is 2.44. The van der Waals surface area contributed by atoms with Crippen molar-refractivity contribution >= 4 is 0 Å². The Labute approximate surface area is 118 Å². The molecule has 0 aliphatic rings. The standard InChI is InChI=1S/C17H29NO/c1-4-6-7-9-15(3)18-12-13-19-17-11-8-10-16(5-2)14-17/h8,10-11,14-15,18H,4-7,9,12-13H2,1-3H3. The topological polar surface area (TPSA) is 21.3 Å². The molecule has 0 aliphatic heterocycles.